The van der Waals surface area contributed by atoms with E-state index in [2.05, 4.69) is 5.32 Å². The Bertz CT molecular complexity index is 956. The third kappa shape index (κ3) is 5.79. The van der Waals surface area contributed by atoms with E-state index in [1.54, 1.807) is 0 Å². The van der Waals surface area contributed by atoms with Crippen LogP contribution in [-0.2, 0) is 27.3 Å². The van der Waals surface area contributed by atoms with Crippen LogP contribution in [0.1, 0.15) is 49.9 Å². The summed E-state index contributed by atoms with van der Waals surface area (Å²) in [5.74, 6) is 0. The summed E-state index contributed by atoms with van der Waals surface area (Å²) in [5.41, 5.74) is 3.50. The molecule has 1 saturated heterocycles. The van der Waals surface area contributed by atoms with Crippen LogP contribution < -0.4 is 5.32 Å². The summed E-state index contributed by atoms with van der Waals surface area (Å²) >= 11 is 0. The van der Waals surface area contributed by atoms with Crippen LogP contribution in [0.5, 0.6) is 0 Å². The SMILES string of the molecule is Cc1cc(C=C(CNC(=O)OCc2ccccc2)B2OC(C)(C)C(C)(C)O2)ccc1CO. The van der Waals surface area contributed by atoms with Crippen LogP contribution in [0.3, 0.4) is 0 Å². The van der Waals surface area contributed by atoms with Crippen molar-refractivity contribution in [1.29, 1.82) is 0 Å². The lowest BCUT2D eigenvalue weighted by atomic mass is 9.77. The number of hydrogen-bond donors (Lipinski definition) is 2. The van der Waals surface area contributed by atoms with Crippen LogP contribution in [0.15, 0.2) is 54.0 Å². The second kappa shape index (κ2) is 9.90. The first-order valence-electron chi connectivity index (χ1n) is 10.8. The molecule has 0 saturated carbocycles. The lowest BCUT2D eigenvalue weighted by molar-refractivity contribution is 0.00578. The largest absolute Gasteiger partial charge is 0.492 e. The van der Waals surface area contributed by atoms with Crippen LogP contribution in [0.25, 0.3) is 6.08 Å². The summed E-state index contributed by atoms with van der Waals surface area (Å²) in [5, 5.41) is 12.3. The summed E-state index contributed by atoms with van der Waals surface area (Å²) in [6.45, 7) is 10.3. The molecule has 0 spiro atoms. The number of ether oxygens (including phenoxy) is 1. The number of alkyl carbamates (subject to hydrolysis) is 1. The zero-order chi connectivity index (χ0) is 23.4. The van der Waals surface area contributed by atoms with Crippen LogP contribution in [0, 0.1) is 6.92 Å². The fraction of sp³-hybridized carbons (Fsp3) is 0.400. The lowest BCUT2D eigenvalue weighted by Crippen LogP contribution is -2.41. The molecule has 0 radical (unpaired) electrons. The van der Waals surface area contributed by atoms with Crippen LogP contribution in [-0.4, -0.2) is 36.1 Å². The van der Waals surface area contributed by atoms with Gasteiger partial charge < -0.3 is 24.5 Å². The fourth-order valence-electron chi connectivity index (χ4n) is 3.35. The molecule has 1 heterocycles. The van der Waals surface area contributed by atoms with E-state index in [0.29, 0.717) is 0 Å². The van der Waals surface area contributed by atoms with Gasteiger partial charge >= 0.3 is 13.2 Å². The Balaban J connectivity index is 1.75. The number of aliphatic hydroxyl groups is 1. The summed E-state index contributed by atoms with van der Waals surface area (Å²) in [6.07, 6.45) is 1.44. The van der Waals surface area contributed by atoms with Crippen molar-refractivity contribution >= 4 is 19.3 Å². The normalized spacial score (nSPS) is 17.3. The number of aryl methyl sites for hydroxylation is 1. The zero-order valence-electron chi connectivity index (χ0n) is 19.5. The first-order chi connectivity index (χ1) is 15.1. The highest BCUT2D eigenvalue weighted by Crippen LogP contribution is 2.38. The van der Waals surface area contributed by atoms with Gasteiger partial charge in [-0.3, -0.25) is 0 Å². The van der Waals surface area contributed by atoms with E-state index >= 15 is 0 Å². The molecule has 1 fully saturated rings. The van der Waals surface area contributed by atoms with E-state index in [-0.39, 0.29) is 19.8 Å². The first kappa shape index (κ1) is 24.0. The molecule has 2 N–H and O–H groups in total. The van der Waals surface area contributed by atoms with Gasteiger partial charge in [0.25, 0.3) is 0 Å². The molecular weight excluding hydrogens is 405 g/mol. The molecular formula is C25H32BNO5. The highest BCUT2D eigenvalue weighted by molar-refractivity contribution is 6.56. The van der Waals surface area contributed by atoms with E-state index in [1.165, 1.54) is 0 Å². The second-order valence-corrected chi connectivity index (χ2v) is 9.07. The zero-order valence-corrected chi connectivity index (χ0v) is 19.5. The molecule has 0 aromatic heterocycles. The monoisotopic (exact) mass is 437 g/mol. The fourth-order valence-corrected chi connectivity index (χ4v) is 3.35. The Morgan fingerprint density at radius 3 is 2.34 bits per heavy atom. The Morgan fingerprint density at radius 1 is 1.09 bits per heavy atom. The third-order valence-corrected chi connectivity index (χ3v) is 6.09. The van der Waals surface area contributed by atoms with Gasteiger partial charge in [0.2, 0.25) is 0 Å². The molecule has 2 aromatic carbocycles. The van der Waals surface area contributed by atoms with E-state index in [0.717, 1.165) is 27.7 Å². The number of nitrogens with one attached hydrogen (secondary N) is 1. The number of benzene rings is 2. The maximum atomic E-state index is 12.3. The maximum Gasteiger partial charge on any atom is 0.492 e. The van der Waals surface area contributed by atoms with Crippen molar-refractivity contribution < 1.29 is 23.9 Å². The minimum atomic E-state index is -0.604. The average Bonchev–Trinajstić information content (AvgIpc) is 2.97. The van der Waals surface area contributed by atoms with Crippen molar-refractivity contribution in [3.63, 3.8) is 0 Å². The molecule has 0 aliphatic carbocycles. The predicted octanol–water partition coefficient (Wildman–Crippen LogP) is 4.43. The van der Waals surface area contributed by atoms with Crippen LogP contribution >= 0.6 is 0 Å². The van der Waals surface area contributed by atoms with E-state index < -0.39 is 24.4 Å². The topological polar surface area (TPSA) is 77.0 Å². The third-order valence-electron chi connectivity index (χ3n) is 6.09. The van der Waals surface area contributed by atoms with Gasteiger partial charge in [-0.1, -0.05) is 54.6 Å². The van der Waals surface area contributed by atoms with E-state index in [1.807, 2.05) is 89.2 Å². The molecule has 32 heavy (non-hydrogen) atoms. The number of amides is 1. The minimum absolute atomic E-state index is 0.00524. The average molecular weight is 437 g/mol. The van der Waals surface area contributed by atoms with Crippen molar-refractivity contribution in [3.8, 4) is 0 Å². The summed E-state index contributed by atoms with van der Waals surface area (Å²) in [4.78, 5) is 12.3. The quantitative estimate of drug-likeness (QED) is 0.627. The predicted molar refractivity (Wildman–Crippen MR) is 126 cm³/mol. The van der Waals surface area contributed by atoms with Crippen molar-refractivity contribution in [1.82, 2.24) is 5.32 Å². The smallest absolute Gasteiger partial charge is 0.445 e. The van der Waals surface area contributed by atoms with Gasteiger partial charge in [0, 0.05) is 6.54 Å². The maximum absolute atomic E-state index is 12.3. The molecule has 0 bridgehead atoms. The standard InChI is InChI=1S/C25H32BNO5/c1-18-13-20(11-12-21(18)16-28)14-22(26-31-24(2,3)25(4,5)32-26)15-27-23(29)30-17-19-9-7-6-8-10-19/h6-14,28H,15-17H2,1-5H3,(H,27,29). The number of carbonyl (C=O) groups is 1. The Morgan fingerprint density at radius 2 is 1.75 bits per heavy atom. The van der Waals surface area contributed by atoms with Gasteiger partial charge in [-0.25, -0.2) is 4.79 Å². The molecule has 1 aliphatic rings. The molecule has 170 valence electrons. The molecule has 3 rings (SSSR count). The molecule has 0 unspecified atom stereocenters. The van der Waals surface area contributed by atoms with Crippen molar-refractivity contribution in [3.05, 3.63) is 76.3 Å². The molecule has 7 heteroatoms. The van der Waals surface area contributed by atoms with E-state index in [4.69, 9.17) is 14.0 Å². The Labute approximate surface area is 190 Å². The van der Waals surface area contributed by atoms with Crippen LogP contribution in [0.4, 0.5) is 4.79 Å². The molecule has 6 nitrogen and oxygen atoms in total. The summed E-state index contributed by atoms with van der Waals surface area (Å²) in [6, 6.07) is 15.3. The van der Waals surface area contributed by atoms with Gasteiger partial charge in [0.05, 0.1) is 17.8 Å². The van der Waals surface area contributed by atoms with Crippen molar-refractivity contribution in [2.45, 2.75) is 59.0 Å². The number of rotatable bonds is 7. The minimum Gasteiger partial charge on any atom is -0.445 e. The Kier molecular flexibility index (Phi) is 7.44. The number of aliphatic hydroxyl groups excluding tert-OH is 1. The highest BCUT2D eigenvalue weighted by atomic mass is 16.7. The van der Waals surface area contributed by atoms with Gasteiger partial charge in [0.1, 0.15) is 6.61 Å². The van der Waals surface area contributed by atoms with Gasteiger partial charge in [0.15, 0.2) is 0 Å². The summed E-state index contributed by atoms with van der Waals surface area (Å²) in [7, 11) is -0.604. The van der Waals surface area contributed by atoms with E-state index in [9.17, 15) is 9.90 Å². The summed E-state index contributed by atoms with van der Waals surface area (Å²) < 4.78 is 17.8. The second-order valence-electron chi connectivity index (χ2n) is 9.07. The molecule has 1 amide bonds. The van der Waals surface area contributed by atoms with Crippen LogP contribution in [0.2, 0.25) is 0 Å². The highest BCUT2D eigenvalue weighted by Gasteiger charge is 2.52. The van der Waals surface area contributed by atoms with Gasteiger partial charge in [-0.2, -0.15) is 0 Å². The first-order valence-corrected chi connectivity index (χ1v) is 10.8. The van der Waals surface area contributed by atoms with Gasteiger partial charge in [-0.15, -0.1) is 0 Å². The van der Waals surface area contributed by atoms with Gasteiger partial charge in [-0.05, 0) is 62.3 Å². The Hall–Kier alpha value is -2.61. The molecule has 2 aromatic rings. The van der Waals surface area contributed by atoms with Crippen molar-refractivity contribution in [2.75, 3.05) is 6.54 Å². The molecule has 0 atom stereocenters. The van der Waals surface area contributed by atoms with Crippen molar-refractivity contribution in [2.24, 2.45) is 0 Å². The molecule has 1 aliphatic heterocycles. The number of carbonyl (C=O) groups excluding carboxylic acids is 1. The number of hydrogen-bond acceptors (Lipinski definition) is 5. The lowest BCUT2D eigenvalue weighted by Gasteiger charge is -2.32.